The number of methoxy groups -OCH3 is 1. The topological polar surface area (TPSA) is 96.1 Å². The third kappa shape index (κ3) is 3.95. The zero-order valence-electron chi connectivity index (χ0n) is 12.2. The number of hydrazine groups is 1. The number of nitrogens with zero attached hydrogens (tertiary/aromatic N) is 1. The Balaban J connectivity index is 1.90. The molecule has 2 aromatic rings. The van der Waals surface area contributed by atoms with E-state index in [-0.39, 0.29) is 5.69 Å². The van der Waals surface area contributed by atoms with Crippen molar-refractivity contribution in [2.24, 2.45) is 0 Å². The van der Waals surface area contributed by atoms with Gasteiger partial charge in [0.25, 0.3) is 11.8 Å². The Morgan fingerprint density at radius 1 is 1.27 bits per heavy atom. The molecule has 1 aromatic heterocycles. The van der Waals surface area contributed by atoms with Crippen LogP contribution in [0.25, 0.3) is 6.08 Å². The number of carbonyl (C=O) groups excluding carboxylic acids is 2. The molecule has 0 spiro atoms. The van der Waals surface area contributed by atoms with E-state index < -0.39 is 11.8 Å². The minimum atomic E-state index is -0.497. The summed E-state index contributed by atoms with van der Waals surface area (Å²) < 4.78 is 5.17. The van der Waals surface area contributed by atoms with Crippen LogP contribution >= 0.6 is 0 Å². The van der Waals surface area contributed by atoms with E-state index in [1.165, 1.54) is 6.08 Å². The predicted octanol–water partition coefficient (Wildman–Crippen LogP) is 1.20. The first-order valence-electron chi connectivity index (χ1n) is 6.53. The van der Waals surface area contributed by atoms with Crippen LogP contribution in [0.1, 0.15) is 21.7 Å². The molecule has 2 rings (SSSR count). The lowest BCUT2D eigenvalue weighted by molar-refractivity contribution is -0.117. The molecular weight excluding hydrogens is 284 g/mol. The van der Waals surface area contributed by atoms with Crippen LogP contribution in [0, 0.1) is 6.92 Å². The molecule has 2 amide bonds. The van der Waals surface area contributed by atoms with E-state index in [0.717, 1.165) is 11.3 Å². The second kappa shape index (κ2) is 7.07. The molecule has 0 bridgehead atoms. The highest BCUT2D eigenvalue weighted by Gasteiger charge is 2.09. The van der Waals surface area contributed by atoms with Crippen molar-refractivity contribution >= 4 is 17.9 Å². The average molecular weight is 300 g/mol. The largest absolute Gasteiger partial charge is 0.496 e. The average Bonchev–Trinajstić information content (AvgIpc) is 2.97. The molecule has 0 fully saturated rings. The number of carbonyl (C=O) groups is 2. The van der Waals surface area contributed by atoms with Crippen molar-refractivity contribution in [3.05, 3.63) is 53.4 Å². The number of amides is 2. The molecule has 0 aliphatic rings. The third-order valence-corrected chi connectivity index (χ3v) is 2.79. The molecule has 0 saturated carbocycles. The summed E-state index contributed by atoms with van der Waals surface area (Å²) in [5, 5.41) is 6.43. The van der Waals surface area contributed by atoms with E-state index in [1.807, 2.05) is 18.2 Å². The minimum Gasteiger partial charge on any atom is -0.496 e. The number of aromatic nitrogens is 2. The summed E-state index contributed by atoms with van der Waals surface area (Å²) >= 11 is 0. The molecule has 22 heavy (non-hydrogen) atoms. The first-order valence-corrected chi connectivity index (χ1v) is 6.53. The molecule has 0 radical (unpaired) electrons. The van der Waals surface area contributed by atoms with Gasteiger partial charge >= 0.3 is 0 Å². The van der Waals surface area contributed by atoms with Crippen LogP contribution in [0.3, 0.4) is 0 Å². The van der Waals surface area contributed by atoms with Crippen molar-refractivity contribution in [2.45, 2.75) is 6.92 Å². The molecule has 0 atom stereocenters. The third-order valence-electron chi connectivity index (χ3n) is 2.79. The summed E-state index contributed by atoms with van der Waals surface area (Å²) in [6.45, 7) is 1.78. The number of nitrogens with one attached hydrogen (secondary N) is 3. The summed E-state index contributed by atoms with van der Waals surface area (Å²) in [4.78, 5) is 23.4. The quantitative estimate of drug-likeness (QED) is 0.584. The molecule has 114 valence electrons. The first-order chi connectivity index (χ1) is 10.6. The molecule has 3 N–H and O–H groups in total. The van der Waals surface area contributed by atoms with Gasteiger partial charge in [0.2, 0.25) is 0 Å². The number of aryl methyl sites for hydroxylation is 1. The van der Waals surface area contributed by atoms with Crippen molar-refractivity contribution in [2.75, 3.05) is 7.11 Å². The van der Waals surface area contributed by atoms with Gasteiger partial charge in [0.05, 0.1) is 7.11 Å². The zero-order valence-corrected chi connectivity index (χ0v) is 12.2. The van der Waals surface area contributed by atoms with Gasteiger partial charge in [-0.15, -0.1) is 0 Å². The molecule has 1 aromatic carbocycles. The number of hydrogen-bond acceptors (Lipinski definition) is 4. The number of H-pyrrole nitrogens is 1. The van der Waals surface area contributed by atoms with Crippen molar-refractivity contribution in [3.63, 3.8) is 0 Å². The van der Waals surface area contributed by atoms with Gasteiger partial charge in [0, 0.05) is 17.3 Å². The lowest BCUT2D eigenvalue weighted by Gasteiger charge is -2.04. The van der Waals surface area contributed by atoms with Gasteiger partial charge in [-0.05, 0) is 25.1 Å². The van der Waals surface area contributed by atoms with Crippen LogP contribution in [-0.2, 0) is 4.79 Å². The normalized spacial score (nSPS) is 10.5. The van der Waals surface area contributed by atoms with Crippen LogP contribution in [0.4, 0.5) is 0 Å². The number of para-hydroxylation sites is 1. The summed E-state index contributed by atoms with van der Waals surface area (Å²) in [7, 11) is 1.55. The lowest BCUT2D eigenvalue weighted by atomic mass is 10.2. The molecule has 7 nitrogen and oxygen atoms in total. The Labute approximate surface area is 127 Å². The predicted molar refractivity (Wildman–Crippen MR) is 81.0 cm³/mol. The zero-order chi connectivity index (χ0) is 15.9. The van der Waals surface area contributed by atoms with E-state index >= 15 is 0 Å². The van der Waals surface area contributed by atoms with Gasteiger partial charge in [0.15, 0.2) is 5.69 Å². The van der Waals surface area contributed by atoms with Crippen molar-refractivity contribution in [1.29, 1.82) is 0 Å². The van der Waals surface area contributed by atoms with E-state index in [0.29, 0.717) is 5.75 Å². The monoisotopic (exact) mass is 300 g/mol. The molecule has 1 heterocycles. The maximum absolute atomic E-state index is 11.7. The summed E-state index contributed by atoms with van der Waals surface area (Å²) in [5.74, 6) is -0.308. The fourth-order valence-corrected chi connectivity index (χ4v) is 1.73. The Bertz CT molecular complexity index is 706. The molecule has 0 unspecified atom stereocenters. The number of benzene rings is 1. The number of ether oxygens (including phenoxy) is 1. The first kappa shape index (κ1) is 15.3. The molecule has 0 aliphatic carbocycles. The Hall–Kier alpha value is -3.09. The second-order valence-corrected chi connectivity index (χ2v) is 4.45. The van der Waals surface area contributed by atoms with E-state index in [9.17, 15) is 9.59 Å². The lowest BCUT2D eigenvalue weighted by Crippen LogP contribution is -2.40. The maximum Gasteiger partial charge on any atom is 0.290 e. The van der Waals surface area contributed by atoms with Crippen molar-refractivity contribution in [3.8, 4) is 5.75 Å². The van der Waals surface area contributed by atoms with E-state index in [2.05, 4.69) is 21.0 Å². The van der Waals surface area contributed by atoms with Gasteiger partial charge < -0.3 is 4.74 Å². The number of rotatable bonds is 4. The Morgan fingerprint density at radius 3 is 2.73 bits per heavy atom. The second-order valence-electron chi connectivity index (χ2n) is 4.45. The standard InChI is InChI=1S/C15H16N4O3/c1-10-9-12(17-16-10)15(21)19-18-14(20)8-7-11-5-3-4-6-13(11)22-2/h3-9H,1-2H3,(H,16,17)(H,18,20)(H,19,21)/b8-7+. The van der Waals surface area contributed by atoms with Crippen LogP contribution in [0.5, 0.6) is 5.75 Å². The number of aromatic amines is 1. The Morgan fingerprint density at radius 2 is 2.05 bits per heavy atom. The summed E-state index contributed by atoms with van der Waals surface area (Å²) in [6, 6.07) is 8.85. The van der Waals surface area contributed by atoms with Crippen LogP contribution in [0.15, 0.2) is 36.4 Å². The Kier molecular flexibility index (Phi) is 4.92. The fraction of sp³-hybridized carbons (Fsp3) is 0.133. The van der Waals surface area contributed by atoms with Gasteiger partial charge in [-0.25, -0.2) is 0 Å². The summed E-state index contributed by atoms with van der Waals surface area (Å²) in [6.07, 6.45) is 2.90. The van der Waals surface area contributed by atoms with Gasteiger partial charge in [-0.1, -0.05) is 18.2 Å². The maximum atomic E-state index is 11.7. The molecule has 0 saturated heterocycles. The van der Waals surface area contributed by atoms with E-state index in [4.69, 9.17) is 4.74 Å². The van der Waals surface area contributed by atoms with Crippen molar-refractivity contribution < 1.29 is 14.3 Å². The smallest absolute Gasteiger partial charge is 0.290 e. The van der Waals surface area contributed by atoms with Crippen LogP contribution < -0.4 is 15.6 Å². The number of hydrogen-bond donors (Lipinski definition) is 3. The minimum absolute atomic E-state index is 0.200. The molecular formula is C15H16N4O3. The molecule has 7 heteroatoms. The summed E-state index contributed by atoms with van der Waals surface area (Å²) in [5.41, 5.74) is 6.27. The van der Waals surface area contributed by atoms with Crippen LogP contribution in [-0.4, -0.2) is 29.1 Å². The van der Waals surface area contributed by atoms with E-state index in [1.54, 1.807) is 32.2 Å². The highest BCUT2D eigenvalue weighted by Crippen LogP contribution is 2.18. The van der Waals surface area contributed by atoms with Gasteiger partial charge in [0.1, 0.15) is 5.75 Å². The molecule has 0 aliphatic heterocycles. The van der Waals surface area contributed by atoms with Crippen LogP contribution in [0.2, 0.25) is 0 Å². The highest BCUT2D eigenvalue weighted by atomic mass is 16.5. The van der Waals surface area contributed by atoms with Gasteiger partial charge in [-0.2, -0.15) is 5.10 Å². The highest BCUT2D eigenvalue weighted by molar-refractivity contribution is 5.97. The van der Waals surface area contributed by atoms with Gasteiger partial charge in [-0.3, -0.25) is 25.5 Å². The van der Waals surface area contributed by atoms with Crippen molar-refractivity contribution in [1.82, 2.24) is 21.0 Å². The SMILES string of the molecule is COc1ccccc1/C=C/C(=O)NNC(=O)c1cc(C)[nH]n1. The fourth-order valence-electron chi connectivity index (χ4n) is 1.73.